The Morgan fingerprint density at radius 2 is 2.19 bits per heavy atom. The van der Waals surface area contributed by atoms with E-state index in [4.69, 9.17) is 17.0 Å². The van der Waals surface area contributed by atoms with Crippen LogP contribution in [0, 0.1) is 0 Å². The third-order valence-electron chi connectivity index (χ3n) is 2.93. The van der Waals surface area contributed by atoms with Gasteiger partial charge in [0.2, 0.25) is 0 Å². The summed E-state index contributed by atoms with van der Waals surface area (Å²) >= 11 is 11.7. The first-order valence-corrected chi connectivity index (χ1v) is 8.42. The highest BCUT2D eigenvalue weighted by Crippen LogP contribution is 2.32. The van der Waals surface area contributed by atoms with Gasteiger partial charge in [0, 0.05) is 13.2 Å². The number of hydrazone groups is 1. The third-order valence-corrected chi connectivity index (χ3v) is 4.38. The van der Waals surface area contributed by atoms with E-state index >= 15 is 0 Å². The zero-order valence-electron chi connectivity index (χ0n) is 11.1. The summed E-state index contributed by atoms with van der Waals surface area (Å²) in [4.78, 5) is 0. The number of nitrogens with one attached hydrogen (secondary N) is 2. The summed E-state index contributed by atoms with van der Waals surface area (Å²) in [5.41, 5.74) is 3.57. The van der Waals surface area contributed by atoms with Gasteiger partial charge in [-0.1, -0.05) is 0 Å². The molecule has 0 unspecified atom stereocenters. The molecule has 0 aromatic heterocycles. The number of nitrogens with zero attached hydrogens (tertiary/aromatic N) is 1. The van der Waals surface area contributed by atoms with Gasteiger partial charge < -0.3 is 15.2 Å². The van der Waals surface area contributed by atoms with Gasteiger partial charge in [0.25, 0.3) is 0 Å². The second-order valence-electron chi connectivity index (χ2n) is 4.55. The molecule has 2 rings (SSSR count). The van der Waals surface area contributed by atoms with E-state index in [0.717, 1.165) is 25.0 Å². The highest BCUT2D eigenvalue weighted by molar-refractivity contribution is 9.11. The largest absolute Gasteiger partial charge is 0.506 e. The van der Waals surface area contributed by atoms with E-state index in [2.05, 4.69) is 47.7 Å². The van der Waals surface area contributed by atoms with Crippen molar-refractivity contribution < 1.29 is 9.84 Å². The normalized spacial score (nSPS) is 18.1. The minimum atomic E-state index is 0.161. The molecule has 0 spiro atoms. The van der Waals surface area contributed by atoms with Gasteiger partial charge in [-0.2, -0.15) is 5.10 Å². The highest BCUT2D eigenvalue weighted by Gasteiger charge is 2.14. The first-order chi connectivity index (χ1) is 10.1. The molecule has 21 heavy (non-hydrogen) atoms. The van der Waals surface area contributed by atoms with E-state index in [9.17, 15) is 5.11 Å². The van der Waals surface area contributed by atoms with Gasteiger partial charge in [-0.25, -0.2) is 0 Å². The van der Waals surface area contributed by atoms with Crippen LogP contribution in [0.15, 0.2) is 26.2 Å². The van der Waals surface area contributed by atoms with E-state index in [1.165, 1.54) is 0 Å². The summed E-state index contributed by atoms with van der Waals surface area (Å²) in [6.45, 7) is 1.52. The molecule has 1 atom stereocenters. The molecule has 1 aromatic carbocycles. The number of hydrogen-bond donors (Lipinski definition) is 3. The standard InChI is InChI=1S/C13H15Br2N3O2S/c14-10-4-8(5-11(15)12(10)19)6-17-18-13(21)16-7-9-2-1-3-20-9/h4-6,9,19H,1-3,7H2,(H2,16,18,21)/b17-6-/t9-/m0/s1. The Hall–Kier alpha value is -0.700. The average Bonchev–Trinajstić information content (AvgIpc) is 2.96. The molecule has 0 amide bonds. The molecule has 0 saturated carbocycles. The van der Waals surface area contributed by atoms with Crippen molar-refractivity contribution in [1.29, 1.82) is 0 Å². The van der Waals surface area contributed by atoms with Gasteiger partial charge in [-0.15, -0.1) is 0 Å². The molecule has 1 fully saturated rings. The van der Waals surface area contributed by atoms with Crippen molar-refractivity contribution in [2.45, 2.75) is 18.9 Å². The van der Waals surface area contributed by atoms with E-state index < -0.39 is 0 Å². The van der Waals surface area contributed by atoms with Crippen molar-refractivity contribution in [2.24, 2.45) is 5.10 Å². The lowest BCUT2D eigenvalue weighted by molar-refractivity contribution is 0.114. The number of rotatable bonds is 4. The Balaban J connectivity index is 1.80. The number of hydrogen-bond acceptors (Lipinski definition) is 4. The first kappa shape index (κ1) is 16.7. The summed E-state index contributed by atoms with van der Waals surface area (Å²) in [5.74, 6) is 0.161. The predicted molar refractivity (Wildman–Crippen MR) is 93.8 cm³/mol. The summed E-state index contributed by atoms with van der Waals surface area (Å²) in [6, 6.07) is 3.52. The van der Waals surface area contributed by atoms with Crippen LogP contribution >= 0.6 is 44.1 Å². The molecule has 1 saturated heterocycles. The Morgan fingerprint density at radius 3 is 2.81 bits per heavy atom. The molecule has 1 aromatic rings. The quantitative estimate of drug-likeness (QED) is 0.384. The molecule has 0 bridgehead atoms. The molecule has 0 radical (unpaired) electrons. The summed E-state index contributed by atoms with van der Waals surface area (Å²) < 4.78 is 6.68. The maximum absolute atomic E-state index is 9.62. The minimum absolute atomic E-state index is 0.161. The van der Waals surface area contributed by atoms with Crippen LogP contribution in [0.25, 0.3) is 0 Å². The number of thiocarbonyl (C=S) groups is 1. The van der Waals surface area contributed by atoms with Gasteiger partial charge in [0.1, 0.15) is 5.75 Å². The summed E-state index contributed by atoms with van der Waals surface area (Å²) in [7, 11) is 0. The van der Waals surface area contributed by atoms with Crippen LogP contribution < -0.4 is 10.7 Å². The molecular formula is C13H15Br2N3O2S. The Bertz CT molecular complexity index is 525. The molecule has 3 N–H and O–H groups in total. The number of phenols is 1. The molecule has 5 nitrogen and oxygen atoms in total. The average molecular weight is 437 g/mol. The van der Waals surface area contributed by atoms with Crippen molar-refractivity contribution >= 4 is 55.4 Å². The highest BCUT2D eigenvalue weighted by atomic mass is 79.9. The smallest absolute Gasteiger partial charge is 0.187 e. The molecule has 114 valence electrons. The van der Waals surface area contributed by atoms with Crippen molar-refractivity contribution in [3.63, 3.8) is 0 Å². The van der Waals surface area contributed by atoms with Crippen LogP contribution in [0.1, 0.15) is 18.4 Å². The van der Waals surface area contributed by atoms with E-state index in [-0.39, 0.29) is 11.9 Å². The third kappa shape index (κ3) is 5.21. The lowest BCUT2D eigenvalue weighted by Gasteiger charge is -2.11. The maximum atomic E-state index is 9.62. The van der Waals surface area contributed by atoms with Crippen LogP contribution in [-0.4, -0.2) is 35.7 Å². The van der Waals surface area contributed by atoms with Gasteiger partial charge in [-0.05, 0) is 74.6 Å². The number of aromatic hydroxyl groups is 1. The molecule has 8 heteroatoms. The van der Waals surface area contributed by atoms with Crippen LogP contribution in [0.2, 0.25) is 0 Å². The molecule has 1 heterocycles. The second-order valence-corrected chi connectivity index (χ2v) is 6.67. The number of ether oxygens (including phenoxy) is 1. The fourth-order valence-electron chi connectivity index (χ4n) is 1.88. The molecule has 1 aliphatic rings. The van der Waals surface area contributed by atoms with Crippen molar-refractivity contribution in [3.05, 3.63) is 26.6 Å². The fraction of sp³-hybridized carbons (Fsp3) is 0.385. The van der Waals surface area contributed by atoms with Crippen molar-refractivity contribution in [3.8, 4) is 5.75 Å². The number of phenolic OH excluding ortho intramolecular Hbond substituents is 1. The topological polar surface area (TPSA) is 65.9 Å². The summed E-state index contributed by atoms with van der Waals surface area (Å²) in [6.07, 6.45) is 4.02. The van der Waals surface area contributed by atoms with E-state index in [0.29, 0.717) is 20.6 Å². The minimum Gasteiger partial charge on any atom is -0.506 e. The summed E-state index contributed by atoms with van der Waals surface area (Å²) in [5, 5.41) is 17.2. The Labute approximate surface area is 145 Å². The fourth-order valence-corrected chi connectivity index (χ4v) is 3.23. The van der Waals surface area contributed by atoms with Crippen molar-refractivity contribution in [2.75, 3.05) is 13.2 Å². The molecular weight excluding hydrogens is 422 g/mol. The Morgan fingerprint density at radius 1 is 1.48 bits per heavy atom. The van der Waals surface area contributed by atoms with E-state index in [1.807, 2.05) is 0 Å². The second kappa shape index (κ2) is 8.07. The molecule has 0 aliphatic carbocycles. The van der Waals surface area contributed by atoms with Gasteiger partial charge in [0.15, 0.2) is 5.11 Å². The van der Waals surface area contributed by atoms with Crippen LogP contribution in [0.4, 0.5) is 0 Å². The van der Waals surface area contributed by atoms with E-state index in [1.54, 1.807) is 18.3 Å². The lowest BCUT2D eigenvalue weighted by Crippen LogP contribution is -2.37. The lowest BCUT2D eigenvalue weighted by atomic mass is 10.2. The van der Waals surface area contributed by atoms with Crippen molar-refractivity contribution in [1.82, 2.24) is 10.7 Å². The zero-order valence-corrected chi connectivity index (χ0v) is 15.1. The number of benzene rings is 1. The maximum Gasteiger partial charge on any atom is 0.187 e. The van der Waals surface area contributed by atoms with Gasteiger partial charge >= 0.3 is 0 Å². The van der Waals surface area contributed by atoms with Crippen LogP contribution in [0.3, 0.4) is 0 Å². The number of halogens is 2. The van der Waals surface area contributed by atoms with Crippen LogP contribution in [-0.2, 0) is 4.74 Å². The molecule has 1 aliphatic heterocycles. The van der Waals surface area contributed by atoms with Gasteiger partial charge in [0.05, 0.1) is 21.3 Å². The van der Waals surface area contributed by atoms with Crippen LogP contribution in [0.5, 0.6) is 5.75 Å². The zero-order chi connectivity index (χ0) is 15.2. The predicted octanol–water partition coefficient (Wildman–Crippen LogP) is 2.89. The monoisotopic (exact) mass is 435 g/mol. The first-order valence-electron chi connectivity index (χ1n) is 6.43. The SMILES string of the molecule is Oc1c(Br)cc(/C=N\NC(=S)NC[C@@H]2CCCO2)cc1Br. The van der Waals surface area contributed by atoms with Gasteiger partial charge in [-0.3, -0.25) is 5.43 Å². The Kier molecular flexibility index (Phi) is 6.40.